The van der Waals surface area contributed by atoms with Crippen LogP contribution in [0, 0.1) is 0 Å². The molecule has 3 N–H and O–H groups in total. The van der Waals surface area contributed by atoms with E-state index in [0.29, 0.717) is 20.7 Å². The summed E-state index contributed by atoms with van der Waals surface area (Å²) in [4.78, 5) is 0.989. The zero-order valence-corrected chi connectivity index (χ0v) is 12.0. The highest BCUT2D eigenvalue weighted by atomic mass is 35.5. The van der Waals surface area contributed by atoms with E-state index in [1.165, 1.54) is 11.3 Å². The normalized spacial score (nSPS) is 13.0. The predicted octanol–water partition coefficient (Wildman–Crippen LogP) is 4.35. The molecule has 3 rings (SSSR count). The minimum Gasteiger partial charge on any atom is -0.457 e. The van der Waals surface area contributed by atoms with E-state index in [1.54, 1.807) is 6.07 Å². The average Bonchev–Trinajstić information content (AvgIpc) is 2.98. The Balaban J connectivity index is 2.09. The molecule has 0 spiro atoms. The van der Waals surface area contributed by atoms with Crippen molar-refractivity contribution in [3.63, 3.8) is 0 Å². The third-order valence-corrected chi connectivity index (χ3v) is 4.44. The molecule has 0 saturated carbocycles. The molecule has 2 aromatic heterocycles. The third kappa shape index (κ3) is 2.38. The molecular formula is C13H10Cl2N2OS. The fraction of sp³-hybridized carbons (Fsp3) is 0.0769. The van der Waals surface area contributed by atoms with Gasteiger partial charge in [-0.3, -0.25) is 5.84 Å². The molecule has 19 heavy (non-hydrogen) atoms. The Kier molecular flexibility index (Phi) is 3.52. The highest BCUT2D eigenvalue weighted by Gasteiger charge is 2.19. The molecule has 0 aliphatic rings. The Labute approximate surface area is 123 Å². The van der Waals surface area contributed by atoms with Gasteiger partial charge in [0.2, 0.25) is 0 Å². The van der Waals surface area contributed by atoms with Crippen molar-refractivity contribution in [2.45, 2.75) is 6.04 Å². The number of nitrogens with one attached hydrogen (secondary N) is 1. The number of halogens is 2. The number of para-hydroxylation sites is 1. The monoisotopic (exact) mass is 312 g/mol. The van der Waals surface area contributed by atoms with Gasteiger partial charge in [0.25, 0.3) is 0 Å². The van der Waals surface area contributed by atoms with Gasteiger partial charge in [0.1, 0.15) is 11.8 Å². The van der Waals surface area contributed by atoms with Crippen molar-refractivity contribution in [2.75, 3.05) is 0 Å². The highest BCUT2D eigenvalue weighted by Crippen LogP contribution is 2.35. The first-order chi connectivity index (χ1) is 9.19. The number of hydrazine groups is 1. The Bertz CT molecular complexity index is 722. The summed E-state index contributed by atoms with van der Waals surface area (Å²) in [6, 6.07) is 11.1. The summed E-state index contributed by atoms with van der Waals surface area (Å²) in [6.45, 7) is 0. The summed E-state index contributed by atoms with van der Waals surface area (Å²) in [6.07, 6.45) is 0. The summed E-state index contributed by atoms with van der Waals surface area (Å²) >= 11 is 13.5. The molecular weight excluding hydrogens is 303 g/mol. The van der Waals surface area contributed by atoms with Gasteiger partial charge in [-0.25, -0.2) is 5.43 Å². The Hall–Kier alpha value is -1.04. The van der Waals surface area contributed by atoms with Gasteiger partial charge >= 0.3 is 0 Å². The van der Waals surface area contributed by atoms with Crippen molar-refractivity contribution >= 4 is 45.5 Å². The van der Waals surface area contributed by atoms with Gasteiger partial charge in [-0.15, -0.1) is 11.3 Å². The molecule has 3 nitrogen and oxygen atoms in total. The molecule has 6 heteroatoms. The van der Waals surface area contributed by atoms with Gasteiger partial charge in [-0.1, -0.05) is 35.3 Å². The molecule has 98 valence electrons. The van der Waals surface area contributed by atoms with Crippen LogP contribution in [0.15, 0.2) is 40.8 Å². The zero-order valence-electron chi connectivity index (χ0n) is 9.69. The number of thiophene rings is 1. The first kappa shape index (κ1) is 13.0. The number of hydrogen-bond acceptors (Lipinski definition) is 4. The van der Waals surface area contributed by atoms with E-state index < -0.39 is 0 Å². The maximum absolute atomic E-state index is 6.10. The first-order valence-electron chi connectivity index (χ1n) is 5.58. The zero-order chi connectivity index (χ0) is 13.4. The molecule has 0 radical (unpaired) electrons. The van der Waals surface area contributed by atoms with E-state index in [4.69, 9.17) is 33.5 Å². The third-order valence-electron chi connectivity index (χ3n) is 2.84. The summed E-state index contributed by atoms with van der Waals surface area (Å²) in [5.41, 5.74) is 3.41. The van der Waals surface area contributed by atoms with Crippen LogP contribution in [0.1, 0.15) is 16.7 Å². The molecule has 2 heterocycles. The first-order valence-corrected chi connectivity index (χ1v) is 7.15. The molecule has 1 aromatic carbocycles. The molecule has 0 aliphatic heterocycles. The fourth-order valence-electron chi connectivity index (χ4n) is 1.98. The van der Waals surface area contributed by atoms with Gasteiger partial charge in [-0.05, 0) is 24.3 Å². The molecule has 3 aromatic rings. The molecule has 1 unspecified atom stereocenters. The van der Waals surface area contributed by atoms with E-state index in [1.807, 2.05) is 30.3 Å². The van der Waals surface area contributed by atoms with Crippen LogP contribution in [-0.2, 0) is 0 Å². The molecule has 0 fully saturated rings. The van der Waals surface area contributed by atoms with E-state index in [2.05, 4.69) is 5.43 Å². The second-order valence-electron chi connectivity index (χ2n) is 4.05. The summed E-state index contributed by atoms with van der Waals surface area (Å²) in [5.74, 6) is 6.34. The van der Waals surface area contributed by atoms with Crippen LogP contribution in [0.25, 0.3) is 11.0 Å². The van der Waals surface area contributed by atoms with Crippen LogP contribution >= 0.6 is 34.5 Å². The summed E-state index contributed by atoms with van der Waals surface area (Å²) in [5, 5.41) is 1.54. The summed E-state index contributed by atoms with van der Waals surface area (Å²) in [7, 11) is 0. The maximum Gasteiger partial charge on any atom is 0.152 e. The minimum absolute atomic E-state index is 0.235. The molecule has 0 saturated heterocycles. The second kappa shape index (κ2) is 5.15. The van der Waals surface area contributed by atoms with Crippen LogP contribution < -0.4 is 11.3 Å². The van der Waals surface area contributed by atoms with Crippen LogP contribution in [-0.4, -0.2) is 0 Å². The van der Waals surface area contributed by atoms with Crippen molar-refractivity contribution in [1.82, 2.24) is 5.43 Å². The van der Waals surface area contributed by atoms with Crippen LogP contribution in [0.2, 0.25) is 9.36 Å². The highest BCUT2D eigenvalue weighted by molar-refractivity contribution is 7.16. The quantitative estimate of drug-likeness (QED) is 0.558. The lowest BCUT2D eigenvalue weighted by Crippen LogP contribution is -2.27. The van der Waals surface area contributed by atoms with Crippen molar-refractivity contribution in [3.8, 4) is 0 Å². The SMILES string of the molecule is NNC(c1cc2cccc(Cl)c2o1)c1ccc(Cl)s1. The molecule has 1 atom stereocenters. The number of furan rings is 1. The average molecular weight is 313 g/mol. The van der Waals surface area contributed by atoms with Gasteiger partial charge in [0.15, 0.2) is 5.58 Å². The van der Waals surface area contributed by atoms with E-state index >= 15 is 0 Å². The van der Waals surface area contributed by atoms with E-state index in [9.17, 15) is 0 Å². The fourth-order valence-corrected chi connectivity index (χ4v) is 3.33. The Morgan fingerprint density at radius 2 is 2.05 bits per heavy atom. The number of hydrogen-bond donors (Lipinski definition) is 2. The van der Waals surface area contributed by atoms with Crippen molar-refractivity contribution in [1.29, 1.82) is 0 Å². The van der Waals surface area contributed by atoms with Crippen molar-refractivity contribution in [2.24, 2.45) is 5.84 Å². The Morgan fingerprint density at radius 1 is 1.21 bits per heavy atom. The second-order valence-corrected chi connectivity index (χ2v) is 6.20. The molecule has 0 amide bonds. The predicted molar refractivity (Wildman–Crippen MR) is 79.7 cm³/mol. The van der Waals surface area contributed by atoms with E-state index in [0.717, 1.165) is 10.3 Å². The van der Waals surface area contributed by atoms with Crippen molar-refractivity contribution in [3.05, 3.63) is 56.4 Å². The number of rotatable bonds is 3. The number of benzene rings is 1. The number of nitrogens with two attached hydrogens (primary N) is 1. The van der Waals surface area contributed by atoms with Gasteiger partial charge in [0, 0.05) is 10.3 Å². The van der Waals surface area contributed by atoms with Crippen LogP contribution in [0.4, 0.5) is 0 Å². The lowest BCUT2D eigenvalue weighted by molar-refractivity contribution is 0.481. The lowest BCUT2D eigenvalue weighted by Gasteiger charge is -2.10. The standard InChI is InChI=1S/C13H10Cl2N2OS/c14-8-3-1-2-7-6-9(18-13(7)8)12(17-16)10-4-5-11(15)19-10/h1-6,12,17H,16H2. The summed E-state index contributed by atoms with van der Waals surface area (Å²) < 4.78 is 6.52. The minimum atomic E-state index is -0.235. The van der Waals surface area contributed by atoms with Crippen LogP contribution in [0.5, 0.6) is 0 Å². The topological polar surface area (TPSA) is 51.2 Å². The van der Waals surface area contributed by atoms with Crippen molar-refractivity contribution < 1.29 is 4.42 Å². The molecule has 0 aliphatic carbocycles. The van der Waals surface area contributed by atoms with Gasteiger partial charge in [0.05, 0.1) is 9.36 Å². The lowest BCUT2D eigenvalue weighted by atomic mass is 10.2. The Morgan fingerprint density at radius 3 is 2.68 bits per heavy atom. The van der Waals surface area contributed by atoms with Gasteiger partial charge in [-0.2, -0.15) is 0 Å². The number of fused-ring (bicyclic) bond motifs is 1. The van der Waals surface area contributed by atoms with E-state index in [-0.39, 0.29) is 6.04 Å². The largest absolute Gasteiger partial charge is 0.457 e. The van der Waals surface area contributed by atoms with Gasteiger partial charge < -0.3 is 4.42 Å². The maximum atomic E-state index is 6.10. The smallest absolute Gasteiger partial charge is 0.152 e. The van der Waals surface area contributed by atoms with Crippen LogP contribution in [0.3, 0.4) is 0 Å². The molecule has 0 bridgehead atoms.